The van der Waals surface area contributed by atoms with Crippen molar-refractivity contribution in [2.75, 3.05) is 26.6 Å². The molecular weight excluding hydrogens is 325 g/mol. The zero-order valence-corrected chi connectivity index (χ0v) is 14.3. The second-order valence-electron chi connectivity index (χ2n) is 5.87. The van der Waals surface area contributed by atoms with Crippen LogP contribution in [0.25, 0.3) is 0 Å². The second kappa shape index (κ2) is 7.01. The number of ether oxygens (including phenoxy) is 3. The summed E-state index contributed by atoms with van der Waals surface area (Å²) in [4.78, 5) is 12.5. The Hall–Kier alpha value is -2.76. The van der Waals surface area contributed by atoms with Crippen molar-refractivity contribution in [1.82, 2.24) is 0 Å². The van der Waals surface area contributed by atoms with E-state index in [9.17, 15) is 9.18 Å². The molecule has 0 aliphatic heterocycles. The Morgan fingerprint density at radius 1 is 1.08 bits per heavy atom. The van der Waals surface area contributed by atoms with Crippen LogP contribution in [0.15, 0.2) is 36.4 Å². The average molecular weight is 345 g/mol. The summed E-state index contributed by atoms with van der Waals surface area (Å²) in [5.74, 6) is 0.633. The van der Waals surface area contributed by atoms with E-state index in [2.05, 4.69) is 5.32 Å². The third-order valence-electron chi connectivity index (χ3n) is 4.36. The minimum atomic E-state index is -0.268. The van der Waals surface area contributed by atoms with E-state index < -0.39 is 0 Å². The standard InChI is InChI=1S/C19H20FNO4/c1-23-16-8-11(9-17(24-2)18(16)25-3)21-19(22)14-10-13(14)12-6-4-5-7-15(12)20/h4-9,13-14H,10H2,1-3H3,(H,21,22). The third-order valence-corrected chi connectivity index (χ3v) is 4.36. The quantitative estimate of drug-likeness (QED) is 0.869. The number of nitrogens with one attached hydrogen (secondary N) is 1. The van der Waals surface area contributed by atoms with Crippen molar-refractivity contribution >= 4 is 11.6 Å². The van der Waals surface area contributed by atoms with Crippen molar-refractivity contribution in [2.24, 2.45) is 5.92 Å². The van der Waals surface area contributed by atoms with Gasteiger partial charge in [-0.05, 0) is 24.0 Å². The second-order valence-corrected chi connectivity index (χ2v) is 5.87. The topological polar surface area (TPSA) is 56.8 Å². The summed E-state index contributed by atoms with van der Waals surface area (Å²) in [7, 11) is 4.54. The zero-order chi connectivity index (χ0) is 18.0. The first kappa shape index (κ1) is 17.1. The van der Waals surface area contributed by atoms with Crippen molar-refractivity contribution < 1.29 is 23.4 Å². The molecule has 3 rings (SSSR count). The lowest BCUT2D eigenvalue weighted by atomic mass is 10.1. The summed E-state index contributed by atoms with van der Waals surface area (Å²) >= 11 is 0. The average Bonchev–Trinajstić information content (AvgIpc) is 3.41. The van der Waals surface area contributed by atoms with E-state index in [4.69, 9.17) is 14.2 Å². The normalized spacial score (nSPS) is 18.4. The Balaban J connectivity index is 1.75. The smallest absolute Gasteiger partial charge is 0.228 e. The number of hydrogen-bond acceptors (Lipinski definition) is 4. The van der Waals surface area contributed by atoms with Gasteiger partial charge in [0.25, 0.3) is 0 Å². The molecule has 0 heterocycles. The maximum absolute atomic E-state index is 13.8. The van der Waals surface area contributed by atoms with Gasteiger partial charge in [0.2, 0.25) is 11.7 Å². The number of anilines is 1. The van der Waals surface area contributed by atoms with Crippen molar-refractivity contribution in [3.8, 4) is 17.2 Å². The minimum Gasteiger partial charge on any atom is -0.493 e. The van der Waals surface area contributed by atoms with Gasteiger partial charge in [-0.2, -0.15) is 0 Å². The van der Waals surface area contributed by atoms with E-state index in [-0.39, 0.29) is 23.6 Å². The van der Waals surface area contributed by atoms with Gasteiger partial charge in [0.1, 0.15) is 5.82 Å². The highest BCUT2D eigenvalue weighted by Crippen LogP contribution is 2.49. The fraction of sp³-hybridized carbons (Fsp3) is 0.316. The van der Waals surface area contributed by atoms with Gasteiger partial charge in [0.05, 0.1) is 21.3 Å². The first-order chi connectivity index (χ1) is 12.1. The Bertz CT molecular complexity index is 768. The fourth-order valence-corrected chi connectivity index (χ4v) is 2.99. The molecule has 1 fully saturated rings. The molecule has 0 aromatic heterocycles. The van der Waals surface area contributed by atoms with Crippen LogP contribution in [0.1, 0.15) is 17.9 Å². The summed E-state index contributed by atoms with van der Waals surface area (Å²) in [5, 5.41) is 2.85. The highest BCUT2D eigenvalue weighted by Gasteiger charge is 2.45. The van der Waals surface area contributed by atoms with E-state index >= 15 is 0 Å². The number of hydrogen-bond donors (Lipinski definition) is 1. The number of amides is 1. The maximum atomic E-state index is 13.8. The Morgan fingerprint density at radius 2 is 1.72 bits per heavy atom. The maximum Gasteiger partial charge on any atom is 0.228 e. The Labute approximate surface area is 145 Å². The van der Waals surface area contributed by atoms with E-state index in [0.717, 1.165) is 0 Å². The van der Waals surface area contributed by atoms with Crippen LogP contribution in [0.4, 0.5) is 10.1 Å². The molecule has 132 valence electrons. The highest BCUT2D eigenvalue weighted by atomic mass is 19.1. The molecule has 1 amide bonds. The lowest BCUT2D eigenvalue weighted by Crippen LogP contribution is -2.15. The monoisotopic (exact) mass is 345 g/mol. The first-order valence-corrected chi connectivity index (χ1v) is 7.94. The number of carbonyl (C=O) groups is 1. The van der Waals surface area contributed by atoms with Crippen LogP contribution in [0.2, 0.25) is 0 Å². The van der Waals surface area contributed by atoms with Gasteiger partial charge in [-0.25, -0.2) is 4.39 Å². The molecule has 1 N–H and O–H groups in total. The van der Waals surface area contributed by atoms with Gasteiger partial charge < -0.3 is 19.5 Å². The van der Waals surface area contributed by atoms with Gasteiger partial charge in [-0.3, -0.25) is 4.79 Å². The zero-order valence-electron chi connectivity index (χ0n) is 14.3. The van der Waals surface area contributed by atoms with Gasteiger partial charge in [0, 0.05) is 23.7 Å². The van der Waals surface area contributed by atoms with Crippen LogP contribution in [-0.4, -0.2) is 27.2 Å². The van der Waals surface area contributed by atoms with E-state index in [1.807, 2.05) is 0 Å². The van der Waals surface area contributed by atoms with Crippen LogP contribution >= 0.6 is 0 Å². The molecule has 5 nitrogen and oxygen atoms in total. The molecule has 2 aromatic rings. The van der Waals surface area contributed by atoms with Crippen LogP contribution < -0.4 is 19.5 Å². The minimum absolute atomic E-state index is 0.0803. The molecule has 25 heavy (non-hydrogen) atoms. The predicted molar refractivity (Wildman–Crippen MR) is 92.0 cm³/mol. The van der Waals surface area contributed by atoms with Crippen LogP contribution in [-0.2, 0) is 4.79 Å². The van der Waals surface area contributed by atoms with E-state index in [1.54, 1.807) is 30.3 Å². The van der Waals surface area contributed by atoms with Gasteiger partial charge in [-0.1, -0.05) is 18.2 Å². The third kappa shape index (κ3) is 3.38. The summed E-state index contributed by atoms with van der Waals surface area (Å²) in [6, 6.07) is 9.91. The summed E-state index contributed by atoms with van der Waals surface area (Å²) in [6.07, 6.45) is 0.636. The molecule has 6 heteroatoms. The van der Waals surface area contributed by atoms with Crippen LogP contribution in [0.5, 0.6) is 17.2 Å². The first-order valence-electron chi connectivity index (χ1n) is 7.94. The molecule has 0 saturated heterocycles. The Kier molecular flexibility index (Phi) is 4.79. The highest BCUT2D eigenvalue weighted by molar-refractivity contribution is 5.95. The molecule has 0 bridgehead atoms. The summed E-state index contributed by atoms with van der Waals surface area (Å²) < 4.78 is 29.7. The van der Waals surface area contributed by atoms with Crippen LogP contribution in [0, 0.1) is 11.7 Å². The number of methoxy groups -OCH3 is 3. The van der Waals surface area contributed by atoms with Crippen molar-refractivity contribution in [2.45, 2.75) is 12.3 Å². The molecule has 2 unspecified atom stereocenters. The molecule has 2 atom stereocenters. The molecule has 0 spiro atoms. The molecule has 1 saturated carbocycles. The fourth-order valence-electron chi connectivity index (χ4n) is 2.99. The number of rotatable bonds is 6. The number of benzene rings is 2. The van der Waals surface area contributed by atoms with Crippen molar-refractivity contribution in [3.05, 3.63) is 47.8 Å². The molecule has 1 aliphatic rings. The largest absolute Gasteiger partial charge is 0.493 e. The molecule has 1 aliphatic carbocycles. The predicted octanol–water partition coefficient (Wildman–Crippen LogP) is 3.59. The summed E-state index contributed by atoms with van der Waals surface area (Å²) in [6.45, 7) is 0. The molecular formula is C19H20FNO4. The Morgan fingerprint density at radius 3 is 2.28 bits per heavy atom. The lowest BCUT2D eigenvalue weighted by molar-refractivity contribution is -0.117. The lowest BCUT2D eigenvalue weighted by Gasteiger charge is -2.14. The van der Waals surface area contributed by atoms with Crippen molar-refractivity contribution in [3.63, 3.8) is 0 Å². The number of halogens is 1. The SMILES string of the molecule is COc1cc(NC(=O)C2CC2c2ccccc2F)cc(OC)c1OC. The summed E-state index contributed by atoms with van der Waals surface area (Å²) in [5.41, 5.74) is 1.13. The molecule has 2 aromatic carbocycles. The number of carbonyl (C=O) groups excluding carboxylic acids is 1. The van der Waals surface area contributed by atoms with E-state index in [1.165, 1.54) is 27.4 Å². The van der Waals surface area contributed by atoms with Crippen LogP contribution in [0.3, 0.4) is 0 Å². The van der Waals surface area contributed by atoms with Gasteiger partial charge >= 0.3 is 0 Å². The van der Waals surface area contributed by atoms with Gasteiger partial charge in [-0.15, -0.1) is 0 Å². The van der Waals surface area contributed by atoms with Gasteiger partial charge in [0.15, 0.2) is 11.5 Å². The molecule has 0 radical (unpaired) electrons. The van der Waals surface area contributed by atoms with Crippen molar-refractivity contribution in [1.29, 1.82) is 0 Å². The van der Waals surface area contributed by atoms with E-state index in [0.29, 0.717) is 34.9 Å².